The van der Waals surface area contributed by atoms with Crippen LogP contribution in [0, 0.1) is 30.6 Å². The van der Waals surface area contributed by atoms with E-state index in [1.165, 1.54) is 64.2 Å². The first-order chi connectivity index (χ1) is 29.3. The van der Waals surface area contributed by atoms with Gasteiger partial charge in [0.05, 0.1) is 41.2 Å². The zero-order chi connectivity index (χ0) is 45.8. The van der Waals surface area contributed by atoms with Crippen molar-refractivity contribution in [3.63, 3.8) is 0 Å². The van der Waals surface area contributed by atoms with Crippen LogP contribution in [-0.4, -0.2) is 94.5 Å². The summed E-state index contributed by atoms with van der Waals surface area (Å²) in [5.41, 5.74) is 0.561. The molecule has 0 fully saturated rings. The topological polar surface area (TPSA) is 211 Å². The summed E-state index contributed by atoms with van der Waals surface area (Å²) in [6.07, 6.45) is 3.55. The molecule has 0 aliphatic carbocycles. The van der Waals surface area contributed by atoms with Crippen LogP contribution in [0.5, 0.6) is 23.0 Å². The molecule has 15 heteroatoms. The summed E-state index contributed by atoms with van der Waals surface area (Å²) in [4.78, 5) is 55.8. The molecule has 0 radical (unpaired) electrons. The molecule has 0 spiro atoms. The van der Waals surface area contributed by atoms with Gasteiger partial charge in [-0.3, -0.25) is 19.2 Å². The molecule has 15 nitrogen and oxygen atoms in total. The van der Waals surface area contributed by atoms with E-state index in [2.05, 4.69) is 5.32 Å². The van der Waals surface area contributed by atoms with Crippen molar-refractivity contribution in [1.29, 1.82) is 0 Å². The Hall–Kier alpha value is -5.90. The number of Topliss-reactive ketones (excluding diaryl/α,β-unsaturated/α-hetero) is 1. The predicted molar refractivity (Wildman–Crippen MR) is 232 cm³/mol. The summed E-state index contributed by atoms with van der Waals surface area (Å²) >= 11 is 0. The van der Waals surface area contributed by atoms with Crippen LogP contribution in [0.1, 0.15) is 71.3 Å². The van der Waals surface area contributed by atoms with E-state index < -0.39 is 95.5 Å². The molecule has 62 heavy (non-hydrogen) atoms. The van der Waals surface area contributed by atoms with Gasteiger partial charge in [0.1, 0.15) is 23.4 Å². The fourth-order valence-electron chi connectivity index (χ4n) is 8.08. The molecule has 0 saturated heterocycles. The van der Waals surface area contributed by atoms with E-state index in [0.717, 1.165) is 0 Å². The SMILES string of the molecule is CCN(C(=O)COc1cc2c(O)c3c(O)c(C)c4c(c13)C(=O)C(C)(O/C=C\C(OC)C(C)C(OC(C)=O)C(C)C(O)C(C)C(O)C(C)/C=C\C=C(\C)C(=O)N2)O4)c1ccccc1. The lowest BCUT2D eigenvalue weighted by Crippen LogP contribution is -2.46. The zero-order valence-corrected chi connectivity index (χ0v) is 36.8. The van der Waals surface area contributed by atoms with Crippen molar-refractivity contribution in [3.05, 3.63) is 83.7 Å². The molecule has 5 N–H and O–H groups in total. The highest BCUT2D eigenvalue weighted by atomic mass is 16.7. The molecular weight excluding hydrogens is 801 g/mol. The molecule has 0 aromatic heterocycles. The van der Waals surface area contributed by atoms with Gasteiger partial charge in [-0.1, -0.05) is 64.1 Å². The van der Waals surface area contributed by atoms with E-state index in [0.29, 0.717) is 12.2 Å². The van der Waals surface area contributed by atoms with Gasteiger partial charge in [-0.25, -0.2) is 0 Å². The number of allylic oxidation sites excluding steroid dienone is 2. The average molecular weight is 859 g/mol. The Labute approximate surface area is 361 Å². The smallest absolute Gasteiger partial charge is 0.312 e. The number of methoxy groups -OCH3 is 1. The largest absolute Gasteiger partial charge is 0.507 e. The van der Waals surface area contributed by atoms with Crippen LogP contribution in [0.3, 0.4) is 0 Å². The van der Waals surface area contributed by atoms with Crippen molar-refractivity contribution in [3.8, 4) is 23.0 Å². The second kappa shape index (κ2) is 19.4. The van der Waals surface area contributed by atoms with Crippen molar-refractivity contribution >= 4 is 45.7 Å². The number of fused-ring (bicyclic) bond motifs is 14. The van der Waals surface area contributed by atoms with Gasteiger partial charge >= 0.3 is 11.8 Å². The maximum absolute atomic E-state index is 14.6. The number of hydrogen-bond donors (Lipinski definition) is 5. The summed E-state index contributed by atoms with van der Waals surface area (Å²) in [5, 5.41) is 48.6. The van der Waals surface area contributed by atoms with Gasteiger partial charge in [0.2, 0.25) is 0 Å². The van der Waals surface area contributed by atoms with Crippen LogP contribution in [0.15, 0.2) is 72.5 Å². The molecule has 3 heterocycles. The van der Waals surface area contributed by atoms with Gasteiger partial charge in [-0.05, 0) is 39.0 Å². The van der Waals surface area contributed by atoms with Crippen LogP contribution in [-0.2, 0) is 28.6 Å². The summed E-state index contributed by atoms with van der Waals surface area (Å²) in [5.74, 6) is -8.24. The average Bonchev–Trinajstić information content (AvgIpc) is 3.51. The highest BCUT2D eigenvalue weighted by molar-refractivity contribution is 6.21. The predicted octanol–water partition coefficient (Wildman–Crippen LogP) is 6.48. The monoisotopic (exact) mass is 858 g/mol. The number of phenols is 2. The summed E-state index contributed by atoms with van der Waals surface area (Å²) in [6.45, 7) is 14.1. The Morgan fingerprint density at radius 3 is 2.24 bits per heavy atom. The number of nitrogens with zero attached hydrogens (tertiary/aromatic N) is 1. The molecule has 3 aliphatic heterocycles. The van der Waals surface area contributed by atoms with E-state index in [-0.39, 0.29) is 44.7 Å². The summed E-state index contributed by atoms with van der Waals surface area (Å²) < 4.78 is 29.9. The van der Waals surface area contributed by atoms with Crippen molar-refractivity contribution in [1.82, 2.24) is 0 Å². The molecular formula is C47H58N2O13. The number of para-hydroxylation sites is 1. The lowest BCUT2D eigenvalue weighted by atomic mass is 9.78. The van der Waals surface area contributed by atoms with Gasteiger partial charge in [-0.15, -0.1) is 0 Å². The first-order valence-electron chi connectivity index (χ1n) is 20.6. The quantitative estimate of drug-likeness (QED) is 0.127. The molecule has 3 aromatic rings. The lowest BCUT2D eigenvalue weighted by molar-refractivity contribution is -0.160. The van der Waals surface area contributed by atoms with E-state index in [1.807, 2.05) is 6.07 Å². The molecule has 5 bridgehead atoms. The van der Waals surface area contributed by atoms with Crippen LogP contribution in [0.4, 0.5) is 11.4 Å². The fraction of sp³-hybridized carbons (Fsp3) is 0.447. The van der Waals surface area contributed by atoms with E-state index >= 15 is 0 Å². The minimum atomic E-state index is -2.04. The first-order valence-corrected chi connectivity index (χ1v) is 20.6. The zero-order valence-electron chi connectivity index (χ0n) is 36.8. The highest BCUT2D eigenvalue weighted by Crippen LogP contribution is 2.54. The third kappa shape index (κ3) is 9.44. The number of aromatic hydroxyl groups is 2. The third-order valence-electron chi connectivity index (χ3n) is 11.9. The Balaban J connectivity index is 1.67. The number of ether oxygens (including phenoxy) is 5. The van der Waals surface area contributed by atoms with Crippen molar-refractivity contribution in [2.75, 3.05) is 30.5 Å². The second-order valence-electron chi connectivity index (χ2n) is 16.2. The number of hydrogen-bond acceptors (Lipinski definition) is 13. The van der Waals surface area contributed by atoms with E-state index in [9.17, 15) is 39.6 Å². The molecule has 3 aromatic carbocycles. The Kier molecular flexibility index (Phi) is 14.8. The van der Waals surface area contributed by atoms with Crippen LogP contribution < -0.4 is 19.7 Å². The number of carbonyl (C=O) groups excluding carboxylic acids is 4. The standard InChI is InChI=1S/C47H58N2O13/c1-11-49(31-18-13-12-14-19-31)35(51)23-59-34-22-32-42(55)37-36(34)38-44(29(7)41(37)54)62-47(9,45(38)56)60-21-20-33(58-10)26(4)43(61-30(8)50)28(6)40(53)27(5)39(52)24(2)16-15-17-25(3)46(57)48-32/h12-22,24,26-28,33,39-40,43,52-55H,11,23H2,1-10H3,(H,48,57)/b16-15-,21-20-,25-17-. The number of esters is 1. The van der Waals surface area contributed by atoms with Crippen molar-refractivity contribution in [2.45, 2.75) is 92.5 Å². The highest BCUT2D eigenvalue weighted by Gasteiger charge is 2.50. The Bertz CT molecular complexity index is 2270. The number of likely N-dealkylation sites (N-methyl/N-ethyl adjacent to an activating group) is 1. The van der Waals surface area contributed by atoms with Crippen molar-refractivity contribution in [2.24, 2.45) is 23.7 Å². The van der Waals surface area contributed by atoms with Crippen LogP contribution in [0.2, 0.25) is 0 Å². The van der Waals surface area contributed by atoms with Gasteiger partial charge in [-0.2, -0.15) is 0 Å². The molecule has 9 unspecified atom stereocenters. The Morgan fingerprint density at radius 1 is 0.935 bits per heavy atom. The maximum atomic E-state index is 14.6. The molecule has 0 saturated carbocycles. The number of phenolic OH excluding ortho intramolecular Hbond substituents is 2. The number of nitrogens with one attached hydrogen (secondary N) is 1. The third-order valence-corrected chi connectivity index (χ3v) is 11.9. The molecule has 6 rings (SSSR count). The van der Waals surface area contributed by atoms with Gasteiger partial charge in [0.25, 0.3) is 17.6 Å². The number of carbonyl (C=O) groups is 4. The Morgan fingerprint density at radius 2 is 1.61 bits per heavy atom. The molecule has 9 atom stereocenters. The molecule has 2 amide bonds. The summed E-state index contributed by atoms with van der Waals surface area (Å²) in [6, 6.07) is 10.2. The van der Waals surface area contributed by atoms with Gasteiger partial charge < -0.3 is 54.3 Å². The van der Waals surface area contributed by atoms with E-state index in [1.54, 1.807) is 71.0 Å². The lowest BCUT2D eigenvalue weighted by Gasteiger charge is -2.38. The van der Waals surface area contributed by atoms with Crippen LogP contribution in [0.25, 0.3) is 10.8 Å². The number of rotatable bonds is 7. The van der Waals surface area contributed by atoms with E-state index in [4.69, 9.17) is 23.7 Å². The molecule has 3 aliphatic rings. The van der Waals surface area contributed by atoms with Gasteiger partial charge in [0.15, 0.2) is 12.4 Å². The summed E-state index contributed by atoms with van der Waals surface area (Å²) in [7, 11) is 1.44. The minimum absolute atomic E-state index is 0.0663. The number of benzene rings is 3. The van der Waals surface area contributed by atoms with Crippen LogP contribution >= 0.6 is 0 Å². The number of amides is 2. The number of anilines is 2. The number of ketones is 1. The minimum Gasteiger partial charge on any atom is -0.507 e. The number of aliphatic hydroxyl groups is 2. The fourth-order valence-corrected chi connectivity index (χ4v) is 8.08. The second-order valence-corrected chi connectivity index (χ2v) is 16.2. The maximum Gasteiger partial charge on any atom is 0.312 e. The normalized spacial score (nSPS) is 28.9. The van der Waals surface area contributed by atoms with Gasteiger partial charge in [0, 0.05) is 79.5 Å². The first kappa shape index (κ1) is 47.2. The molecule has 334 valence electrons. The number of aliphatic hydroxyl groups excluding tert-OH is 2. The van der Waals surface area contributed by atoms with Crippen molar-refractivity contribution < 1.29 is 63.3 Å².